The van der Waals surface area contributed by atoms with Crippen LogP contribution in [-0.2, 0) is 28.6 Å². The molecule has 0 saturated heterocycles. The van der Waals surface area contributed by atoms with Crippen molar-refractivity contribution in [3.63, 3.8) is 0 Å². The van der Waals surface area contributed by atoms with E-state index in [1.165, 1.54) is 263 Å². The van der Waals surface area contributed by atoms with Gasteiger partial charge in [0.25, 0.3) is 0 Å². The van der Waals surface area contributed by atoms with Crippen molar-refractivity contribution in [2.75, 3.05) is 13.2 Å². The van der Waals surface area contributed by atoms with E-state index in [1.54, 1.807) is 0 Å². The van der Waals surface area contributed by atoms with E-state index in [4.69, 9.17) is 14.2 Å². The van der Waals surface area contributed by atoms with Gasteiger partial charge in [0.15, 0.2) is 6.10 Å². The second-order valence-corrected chi connectivity index (χ2v) is 22.5. The third kappa shape index (κ3) is 57.3. The molecule has 0 spiro atoms. The van der Waals surface area contributed by atoms with E-state index >= 15 is 0 Å². The SMILES string of the molecule is CCCCCCCCCCCCCCCCCCCC(=O)OC[C@@H](COC(=O)CCCCCCCCCCCCCCCC)OC(=O)CCCCCCCCCCCCCCCCCCCCC(C)C. The highest BCUT2D eigenvalue weighted by Crippen LogP contribution is 2.19. The van der Waals surface area contributed by atoms with E-state index in [-0.39, 0.29) is 31.1 Å². The van der Waals surface area contributed by atoms with Crippen molar-refractivity contribution in [1.82, 2.24) is 0 Å². The number of hydrogen-bond acceptors (Lipinski definition) is 6. The van der Waals surface area contributed by atoms with Crippen LogP contribution in [0.2, 0.25) is 0 Å². The van der Waals surface area contributed by atoms with Gasteiger partial charge in [-0.3, -0.25) is 14.4 Å². The Kier molecular flexibility index (Phi) is 57.0. The molecule has 0 aromatic rings. The Morgan fingerprint density at radius 2 is 0.471 bits per heavy atom. The fraction of sp³-hybridized carbons (Fsp3) is 0.953. The van der Waals surface area contributed by atoms with Crippen molar-refractivity contribution in [2.45, 2.75) is 374 Å². The number of hydrogen-bond donors (Lipinski definition) is 0. The summed E-state index contributed by atoms with van der Waals surface area (Å²) >= 11 is 0. The van der Waals surface area contributed by atoms with E-state index in [0.29, 0.717) is 19.3 Å². The summed E-state index contributed by atoms with van der Waals surface area (Å²) in [6.07, 6.45) is 65.3. The Morgan fingerprint density at radius 1 is 0.271 bits per heavy atom. The standard InChI is InChI=1S/C64H124O6/c1-5-7-9-11-13-15-17-19-21-24-28-32-36-40-44-48-52-56-63(66)69-59-61(58-68-62(65)55-51-47-43-39-35-31-20-18-16-14-12-10-8-6-2)70-64(67)57-53-49-45-41-37-33-29-26-23-22-25-27-30-34-38-42-46-50-54-60(3)4/h60-61H,5-59H2,1-4H3/t61-/m1/s1. The maximum Gasteiger partial charge on any atom is 0.306 e. The highest BCUT2D eigenvalue weighted by atomic mass is 16.6. The zero-order valence-electron chi connectivity index (χ0n) is 48.0. The second-order valence-electron chi connectivity index (χ2n) is 22.5. The zero-order valence-corrected chi connectivity index (χ0v) is 48.0. The smallest absolute Gasteiger partial charge is 0.306 e. The maximum absolute atomic E-state index is 12.9. The lowest BCUT2D eigenvalue weighted by Crippen LogP contribution is -2.30. The van der Waals surface area contributed by atoms with Crippen LogP contribution in [0, 0.1) is 5.92 Å². The highest BCUT2D eigenvalue weighted by Gasteiger charge is 2.19. The Morgan fingerprint density at radius 3 is 0.700 bits per heavy atom. The molecular weight excluding hydrogens is 865 g/mol. The molecule has 0 aliphatic rings. The summed E-state index contributed by atoms with van der Waals surface area (Å²) in [4.78, 5) is 38.3. The van der Waals surface area contributed by atoms with Crippen LogP contribution in [0.5, 0.6) is 0 Å². The molecule has 0 N–H and O–H groups in total. The monoisotopic (exact) mass is 989 g/mol. The number of ether oxygens (including phenoxy) is 3. The van der Waals surface area contributed by atoms with Crippen molar-refractivity contribution < 1.29 is 28.6 Å². The average molecular weight is 990 g/mol. The Hall–Kier alpha value is -1.59. The van der Waals surface area contributed by atoms with E-state index in [9.17, 15) is 14.4 Å². The van der Waals surface area contributed by atoms with Crippen LogP contribution in [0.25, 0.3) is 0 Å². The predicted octanol–water partition coefficient (Wildman–Crippen LogP) is 21.4. The Bertz CT molecular complexity index is 1060. The van der Waals surface area contributed by atoms with Gasteiger partial charge in [-0.15, -0.1) is 0 Å². The summed E-state index contributed by atoms with van der Waals surface area (Å²) in [6, 6.07) is 0. The molecule has 0 aliphatic heterocycles. The average Bonchev–Trinajstić information content (AvgIpc) is 3.35. The fourth-order valence-corrected chi connectivity index (χ4v) is 9.99. The molecule has 0 amide bonds. The van der Waals surface area contributed by atoms with Crippen molar-refractivity contribution in [2.24, 2.45) is 5.92 Å². The molecule has 0 bridgehead atoms. The summed E-state index contributed by atoms with van der Waals surface area (Å²) in [5.41, 5.74) is 0. The molecular formula is C64H124O6. The molecule has 0 radical (unpaired) electrons. The number of esters is 3. The first-order valence-electron chi connectivity index (χ1n) is 31.9. The van der Waals surface area contributed by atoms with Gasteiger partial charge in [0.1, 0.15) is 13.2 Å². The van der Waals surface area contributed by atoms with Crippen LogP contribution in [0.1, 0.15) is 368 Å². The summed E-state index contributed by atoms with van der Waals surface area (Å²) in [7, 11) is 0. The summed E-state index contributed by atoms with van der Waals surface area (Å²) in [5.74, 6) is 0.0310. The number of rotatable bonds is 59. The van der Waals surface area contributed by atoms with Gasteiger partial charge in [-0.2, -0.15) is 0 Å². The third-order valence-corrected chi connectivity index (χ3v) is 14.8. The molecule has 0 heterocycles. The van der Waals surface area contributed by atoms with Crippen LogP contribution in [-0.4, -0.2) is 37.2 Å². The summed E-state index contributed by atoms with van der Waals surface area (Å²) in [6.45, 7) is 9.10. The minimum absolute atomic E-state index is 0.0611. The number of carbonyl (C=O) groups excluding carboxylic acids is 3. The molecule has 0 aliphatic carbocycles. The lowest BCUT2D eigenvalue weighted by Gasteiger charge is -2.18. The quantitative estimate of drug-likeness (QED) is 0.0343. The molecule has 0 rings (SSSR count). The molecule has 0 aromatic heterocycles. The van der Waals surface area contributed by atoms with Crippen molar-refractivity contribution >= 4 is 17.9 Å². The van der Waals surface area contributed by atoms with Gasteiger partial charge in [0, 0.05) is 19.3 Å². The second kappa shape index (κ2) is 58.3. The first-order chi connectivity index (χ1) is 34.4. The van der Waals surface area contributed by atoms with Gasteiger partial charge in [-0.1, -0.05) is 329 Å². The van der Waals surface area contributed by atoms with Gasteiger partial charge in [-0.25, -0.2) is 0 Å². The minimum Gasteiger partial charge on any atom is -0.462 e. The van der Waals surface area contributed by atoms with Crippen molar-refractivity contribution in [1.29, 1.82) is 0 Å². The largest absolute Gasteiger partial charge is 0.462 e. The Labute approximate surface area is 438 Å². The predicted molar refractivity (Wildman–Crippen MR) is 303 cm³/mol. The molecule has 0 saturated carbocycles. The minimum atomic E-state index is -0.762. The molecule has 416 valence electrons. The van der Waals surface area contributed by atoms with Crippen LogP contribution >= 0.6 is 0 Å². The molecule has 0 unspecified atom stereocenters. The van der Waals surface area contributed by atoms with Crippen LogP contribution < -0.4 is 0 Å². The van der Waals surface area contributed by atoms with E-state index in [0.717, 1.165) is 63.7 Å². The Balaban J connectivity index is 4.26. The zero-order chi connectivity index (χ0) is 50.9. The lowest BCUT2D eigenvalue weighted by atomic mass is 10.0. The van der Waals surface area contributed by atoms with Gasteiger partial charge >= 0.3 is 17.9 Å². The first kappa shape index (κ1) is 68.4. The van der Waals surface area contributed by atoms with Crippen molar-refractivity contribution in [3.8, 4) is 0 Å². The number of carbonyl (C=O) groups is 3. The molecule has 0 aromatic carbocycles. The van der Waals surface area contributed by atoms with Crippen molar-refractivity contribution in [3.05, 3.63) is 0 Å². The van der Waals surface area contributed by atoms with Gasteiger partial charge < -0.3 is 14.2 Å². The molecule has 6 nitrogen and oxygen atoms in total. The first-order valence-corrected chi connectivity index (χ1v) is 31.9. The topological polar surface area (TPSA) is 78.9 Å². The van der Waals surface area contributed by atoms with E-state index < -0.39 is 6.10 Å². The van der Waals surface area contributed by atoms with Crippen LogP contribution in [0.3, 0.4) is 0 Å². The maximum atomic E-state index is 12.9. The number of unbranched alkanes of at least 4 members (excludes halogenated alkanes) is 46. The van der Waals surface area contributed by atoms with E-state index in [1.807, 2.05) is 0 Å². The third-order valence-electron chi connectivity index (χ3n) is 14.8. The summed E-state index contributed by atoms with van der Waals surface area (Å²) in [5, 5.41) is 0. The van der Waals surface area contributed by atoms with Gasteiger partial charge in [0.05, 0.1) is 0 Å². The molecule has 6 heteroatoms. The lowest BCUT2D eigenvalue weighted by molar-refractivity contribution is -0.167. The molecule has 1 atom stereocenters. The van der Waals surface area contributed by atoms with Crippen LogP contribution in [0.15, 0.2) is 0 Å². The summed E-state index contributed by atoms with van der Waals surface area (Å²) < 4.78 is 17.0. The van der Waals surface area contributed by atoms with Gasteiger partial charge in [-0.05, 0) is 25.2 Å². The normalized spacial score (nSPS) is 12.0. The van der Waals surface area contributed by atoms with E-state index in [2.05, 4.69) is 27.7 Å². The highest BCUT2D eigenvalue weighted by molar-refractivity contribution is 5.71. The van der Waals surface area contributed by atoms with Crippen LogP contribution in [0.4, 0.5) is 0 Å². The fourth-order valence-electron chi connectivity index (χ4n) is 9.99. The van der Waals surface area contributed by atoms with Gasteiger partial charge in [0.2, 0.25) is 0 Å². The molecule has 70 heavy (non-hydrogen) atoms. The molecule has 0 fully saturated rings.